The van der Waals surface area contributed by atoms with Crippen LogP contribution in [0.15, 0.2) is 30.3 Å². The van der Waals surface area contributed by atoms with E-state index in [1.165, 1.54) is 18.6 Å². The predicted molar refractivity (Wildman–Crippen MR) is 134 cm³/mol. The summed E-state index contributed by atoms with van der Waals surface area (Å²) in [4.78, 5) is 37.6. The van der Waals surface area contributed by atoms with Gasteiger partial charge in [0.1, 0.15) is 23.4 Å². The van der Waals surface area contributed by atoms with Gasteiger partial charge in [0.2, 0.25) is 17.7 Å². The predicted octanol–water partition coefficient (Wildman–Crippen LogP) is 4.05. The fourth-order valence-corrected chi connectivity index (χ4v) is 5.18. The van der Waals surface area contributed by atoms with Crippen molar-refractivity contribution in [3.63, 3.8) is 0 Å². The summed E-state index contributed by atoms with van der Waals surface area (Å²) in [6.07, 6.45) is 6.82. The molecule has 1 aliphatic heterocycles. The van der Waals surface area contributed by atoms with E-state index in [1.807, 2.05) is 4.90 Å². The van der Waals surface area contributed by atoms with E-state index < -0.39 is 6.04 Å². The van der Waals surface area contributed by atoms with Crippen LogP contribution in [0, 0.1) is 18.7 Å². The minimum Gasteiger partial charge on any atom is -0.439 e. The number of likely N-dealkylation sites (N-methyl/N-ethyl adjacent to an activating group) is 1. The van der Waals surface area contributed by atoms with Gasteiger partial charge in [0.15, 0.2) is 0 Å². The van der Waals surface area contributed by atoms with E-state index >= 15 is 0 Å². The van der Waals surface area contributed by atoms with Gasteiger partial charge < -0.3 is 20.3 Å². The zero-order valence-electron chi connectivity index (χ0n) is 21.3. The highest BCUT2D eigenvalue weighted by atomic mass is 19.1. The molecule has 8 nitrogen and oxygen atoms in total. The number of likely N-dealkylation sites (tertiary alicyclic amines) is 1. The first-order chi connectivity index (χ1) is 17.4. The number of aryl methyl sites for hydroxylation is 1. The highest BCUT2D eigenvalue weighted by molar-refractivity contribution is 5.90. The Morgan fingerprint density at radius 1 is 1.08 bits per heavy atom. The Morgan fingerprint density at radius 2 is 1.81 bits per heavy atom. The number of halogens is 1. The van der Waals surface area contributed by atoms with Gasteiger partial charge in [0.05, 0.1) is 17.8 Å². The third-order valence-electron chi connectivity index (χ3n) is 7.26. The number of aromatic nitrogens is 2. The zero-order valence-corrected chi connectivity index (χ0v) is 21.3. The minimum absolute atomic E-state index is 0.0432. The minimum atomic E-state index is -0.549. The van der Waals surface area contributed by atoms with Gasteiger partial charge in [-0.15, -0.1) is 0 Å². The molecule has 0 spiro atoms. The van der Waals surface area contributed by atoms with Crippen molar-refractivity contribution >= 4 is 11.8 Å². The molecule has 194 valence electrons. The number of nitrogens with zero attached hydrogens (tertiary/aromatic N) is 3. The molecular formula is C27H36FN5O3. The number of carbonyl (C=O) groups excluding carboxylic acids is 2. The topological polar surface area (TPSA) is 96.5 Å². The van der Waals surface area contributed by atoms with E-state index in [0.717, 1.165) is 38.5 Å². The van der Waals surface area contributed by atoms with E-state index in [-0.39, 0.29) is 35.6 Å². The molecule has 3 atom stereocenters. The second kappa shape index (κ2) is 11.8. The Morgan fingerprint density at radius 3 is 2.50 bits per heavy atom. The van der Waals surface area contributed by atoms with E-state index in [2.05, 4.69) is 20.6 Å². The molecule has 1 saturated heterocycles. The van der Waals surface area contributed by atoms with Gasteiger partial charge in [-0.05, 0) is 76.8 Å². The monoisotopic (exact) mass is 497 g/mol. The summed E-state index contributed by atoms with van der Waals surface area (Å²) in [5.41, 5.74) is 0.711. The standard InChI is InChI=1S/C27H36FN5O3/c1-17(29-3)26(34)32-25(19-8-5-4-6-9-19)27(35)33-15-7-10-23(33)22-16-24(31-18(2)30-22)36-21-13-11-20(28)12-14-21/h11-14,16-17,19,23,25,29H,4-10,15H2,1-3H3,(H,32,34)/t17-,23-,25-/m0/s1. The van der Waals surface area contributed by atoms with Crippen LogP contribution in [0.25, 0.3) is 0 Å². The normalized spacial score (nSPS) is 20.1. The zero-order chi connectivity index (χ0) is 25.7. The Balaban J connectivity index is 1.56. The maximum Gasteiger partial charge on any atom is 0.246 e. The van der Waals surface area contributed by atoms with E-state index in [9.17, 15) is 14.0 Å². The molecule has 4 rings (SSSR count). The molecule has 2 aromatic rings. The van der Waals surface area contributed by atoms with Crippen molar-refractivity contribution in [3.8, 4) is 11.6 Å². The number of benzene rings is 1. The molecule has 0 unspecified atom stereocenters. The van der Waals surface area contributed by atoms with Crippen LogP contribution in [0.4, 0.5) is 4.39 Å². The van der Waals surface area contributed by atoms with Crippen LogP contribution in [-0.4, -0.2) is 52.4 Å². The van der Waals surface area contributed by atoms with Crippen LogP contribution in [0.2, 0.25) is 0 Å². The van der Waals surface area contributed by atoms with Gasteiger partial charge in [-0.25, -0.2) is 9.37 Å². The lowest BCUT2D eigenvalue weighted by Gasteiger charge is -2.35. The lowest BCUT2D eigenvalue weighted by Crippen LogP contribution is -2.55. The van der Waals surface area contributed by atoms with E-state index in [0.29, 0.717) is 29.7 Å². The second-order valence-electron chi connectivity index (χ2n) is 9.82. The summed E-state index contributed by atoms with van der Waals surface area (Å²) in [6, 6.07) is 6.35. The number of ether oxygens (including phenoxy) is 1. The number of rotatable bonds is 8. The van der Waals surface area contributed by atoms with Crippen molar-refractivity contribution in [2.24, 2.45) is 5.92 Å². The molecule has 1 aromatic carbocycles. The maximum atomic E-state index is 13.9. The first-order valence-electron chi connectivity index (χ1n) is 12.9. The van der Waals surface area contributed by atoms with Gasteiger partial charge in [0.25, 0.3) is 0 Å². The molecule has 2 fully saturated rings. The van der Waals surface area contributed by atoms with E-state index in [1.54, 1.807) is 39.1 Å². The van der Waals surface area contributed by atoms with Crippen LogP contribution in [0.3, 0.4) is 0 Å². The third kappa shape index (κ3) is 6.19. The summed E-state index contributed by atoms with van der Waals surface area (Å²) in [5, 5.41) is 6.03. The smallest absolute Gasteiger partial charge is 0.246 e. The van der Waals surface area contributed by atoms with Crippen molar-refractivity contribution in [2.75, 3.05) is 13.6 Å². The second-order valence-corrected chi connectivity index (χ2v) is 9.82. The van der Waals surface area contributed by atoms with Crippen molar-refractivity contribution in [1.29, 1.82) is 0 Å². The van der Waals surface area contributed by atoms with Crippen molar-refractivity contribution in [1.82, 2.24) is 25.5 Å². The van der Waals surface area contributed by atoms with Gasteiger partial charge in [0, 0.05) is 12.6 Å². The van der Waals surface area contributed by atoms with E-state index in [4.69, 9.17) is 4.74 Å². The number of carbonyl (C=O) groups is 2. The molecule has 1 aliphatic carbocycles. The Labute approximate surface area is 212 Å². The summed E-state index contributed by atoms with van der Waals surface area (Å²) in [7, 11) is 1.74. The molecule has 36 heavy (non-hydrogen) atoms. The Kier molecular flexibility index (Phi) is 8.51. The summed E-state index contributed by atoms with van der Waals surface area (Å²) in [6.45, 7) is 4.19. The third-order valence-corrected chi connectivity index (χ3v) is 7.26. The first kappa shape index (κ1) is 26.0. The van der Waals surface area contributed by atoms with Crippen LogP contribution in [0.5, 0.6) is 11.6 Å². The SMILES string of the molecule is CN[C@@H](C)C(=O)N[C@H](C(=O)N1CCC[C@H]1c1cc(Oc2ccc(F)cc2)nc(C)n1)C1CCCCC1. The lowest BCUT2D eigenvalue weighted by atomic mass is 9.83. The number of hydrogen-bond acceptors (Lipinski definition) is 6. The van der Waals surface area contributed by atoms with Crippen molar-refractivity contribution in [2.45, 2.75) is 76.9 Å². The van der Waals surface area contributed by atoms with Crippen LogP contribution in [-0.2, 0) is 9.59 Å². The van der Waals surface area contributed by atoms with Crippen molar-refractivity contribution in [3.05, 3.63) is 47.7 Å². The van der Waals surface area contributed by atoms with Gasteiger partial charge >= 0.3 is 0 Å². The van der Waals surface area contributed by atoms with Crippen LogP contribution >= 0.6 is 0 Å². The van der Waals surface area contributed by atoms with Gasteiger partial charge in [-0.3, -0.25) is 9.59 Å². The molecule has 2 N–H and O–H groups in total. The summed E-state index contributed by atoms with van der Waals surface area (Å²) in [5.74, 6) is 0.935. The van der Waals surface area contributed by atoms with Crippen molar-refractivity contribution < 1.29 is 18.7 Å². The highest BCUT2D eigenvalue weighted by Gasteiger charge is 2.39. The highest BCUT2D eigenvalue weighted by Crippen LogP contribution is 2.35. The fraction of sp³-hybridized carbons (Fsp3) is 0.556. The van der Waals surface area contributed by atoms with Gasteiger partial charge in [-0.2, -0.15) is 4.98 Å². The molecule has 1 saturated carbocycles. The molecular weight excluding hydrogens is 461 g/mol. The summed E-state index contributed by atoms with van der Waals surface area (Å²) < 4.78 is 19.1. The maximum absolute atomic E-state index is 13.9. The molecule has 2 amide bonds. The average Bonchev–Trinajstić information content (AvgIpc) is 3.38. The van der Waals surface area contributed by atoms with Crippen LogP contribution < -0.4 is 15.4 Å². The average molecular weight is 498 g/mol. The molecule has 2 aliphatic rings. The number of nitrogens with one attached hydrogen (secondary N) is 2. The number of hydrogen-bond donors (Lipinski definition) is 2. The summed E-state index contributed by atoms with van der Waals surface area (Å²) >= 11 is 0. The first-order valence-corrected chi connectivity index (χ1v) is 12.9. The molecule has 1 aromatic heterocycles. The van der Waals surface area contributed by atoms with Gasteiger partial charge in [-0.1, -0.05) is 19.3 Å². The molecule has 9 heteroatoms. The molecule has 2 heterocycles. The Bertz CT molecular complexity index is 1060. The number of amides is 2. The lowest BCUT2D eigenvalue weighted by molar-refractivity contribution is -0.139. The largest absolute Gasteiger partial charge is 0.439 e. The molecule has 0 radical (unpaired) electrons. The fourth-order valence-electron chi connectivity index (χ4n) is 5.18. The van der Waals surface area contributed by atoms with Crippen LogP contribution in [0.1, 0.15) is 69.4 Å². The molecule has 0 bridgehead atoms. The Hall–Kier alpha value is -3.07. The quantitative estimate of drug-likeness (QED) is 0.571.